The molecular formula is C10H13O4S. The van der Waals surface area contributed by atoms with Gasteiger partial charge in [0, 0.05) is 0 Å². The van der Waals surface area contributed by atoms with Crippen LogP contribution in [-0.2, 0) is 14.3 Å². The van der Waals surface area contributed by atoms with Gasteiger partial charge in [0.2, 0.25) is 0 Å². The van der Waals surface area contributed by atoms with Crippen molar-refractivity contribution in [1.82, 2.24) is 0 Å². The minimum atomic E-state index is -3.81. The minimum Gasteiger partial charge on any atom is -0.394 e. The van der Waals surface area contributed by atoms with Gasteiger partial charge in [-0.15, -0.1) is 0 Å². The smallest absolute Gasteiger partial charge is 0.297 e. The Labute approximate surface area is 89.6 Å². The molecule has 0 saturated carbocycles. The topological polar surface area (TPSA) is 63.6 Å². The van der Waals surface area contributed by atoms with E-state index in [1.54, 1.807) is 12.1 Å². The van der Waals surface area contributed by atoms with Crippen molar-refractivity contribution in [1.29, 1.82) is 0 Å². The summed E-state index contributed by atoms with van der Waals surface area (Å²) in [4.78, 5) is 0.0650. The number of aryl methyl sites for hydroxylation is 1. The van der Waals surface area contributed by atoms with Crippen molar-refractivity contribution in [3.63, 3.8) is 0 Å². The molecule has 0 saturated heterocycles. The van der Waals surface area contributed by atoms with Crippen LogP contribution in [0.2, 0.25) is 0 Å². The van der Waals surface area contributed by atoms with E-state index >= 15 is 0 Å². The summed E-state index contributed by atoms with van der Waals surface area (Å²) < 4.78 is 27.7. The monoisotopic (exact) mass is 229 g/mol. The standard InChI is InChI=1S/C10H13O4S/c1-8-3-5-10(6-4-8)15(12,13)14-9(2)7-11/h3-6,9,11H,2,7H2,1H3. The van der Waals surface area contributed by atoms with Gasteiger partial charge < -0.3 is 5.11 Å². The molecule has 0 aliphatic heterocycles. The van der Waals surface area contributed by atoms with Gasteiger partial charge in [-0.2, -0.15) is 8.42 Å². The number of benzene rings is 1. The fourth-order valence-electron chi connectivity index (χ4n) is 0.970. The van der Waals surface area contributed by atoms with E-state index < -0.39 is 22.8 Å². The second-order valence-electron chi connectivity index (χ2n) is 3.17. The van der Waals surface area contributed by atoms with E-state index in [2.05, 4.69) is 11.1 Å². The van der Waals surface area contributed by atoms with Gasteiger partial charge >= 0.3 is 0 Å². The molecule has 4 nitrogen and oxygen atoms in total. The van der Waals surface area contributed by atoms with E-state index in [4.69, 9.17) is 5.11 Å². The van der Waals surface area contributed by atoms with Gasteiger partial charge in [-0.25, -0.2) is 0 Å². The van der Waals surface area contributed by atoms with Crippen LogP contribution in [0.3, 0.4) is 0 Å². The van der Waals surface area contributed by atoms with Crippen molar-refractivity contribution in [2.45, 2.75) is 17.9 Å². The van der Waals surface area contributed by atoms with Crippen molar-refractivity contribution < 1.29 is 17.7 Å². The predicted octanol–water partition coefficient (Wildman–Crippen LogP) is 0.895. The molecule has 1 unspecified atom stereocenters. The van der Waals surface area contributed by atoms with Crippen LogP contribution >= 0.6 is 0 Å². The number of aliphatic hydroxyl groups excluding tert-OH is 1. The molecule has 0 bridgehead atoms. The van der Waals surface area contributed by atoms with E-state index in [1.807, 2.05) is 6.92 Å². The normalized spacial score (nSPS) is 13.8. The van der Waals surface area contributed by atoms with Crippen LogP contribution in [0.25, 0.3) is 0 Å². The van der Waals surface area contributed by atoms with Crippen LogP contribution in [0.5, 0.6) is 0 Å². The number of aliphatic hydroxyl groups is 1. The molecule has 0 heterocycles. The van der Waals surface area contributed by atoms with Crippen molar-refractivity contribution in [3.8, 4) is 0 Å². The summed E-state index contributed by atoms with van der Waals surface area (Å²) in [5.74, 6) is 0. The first-order valence-electron chi connectivity index (χ1n) is 4.39. The molecule has 0 aliphatic rings. The van der Waals surface area contributed by atoms with E-state index in [-0.39, 0.29) is 4.90 Å². The van der Waals surface area contributed by atoms with Crippen LogP contribution in [0, 0.1) is 13.8 Å². The quantitative estimate of drug-likeness (QED) is 0.779. The largest absolute Gasteiger partial charge is 0.394 e. The highest BCUT2D eigenvalue weighted by Crippen LogP contribution is 2.14. The zero-order valence-electron chi connectivity index (χ0n) is 8.38. The maximum atomic E-state index is 11.5. The van der Waals surface area contributed by atoms with E-state index in [1.165, 1.54) is 12.1 Å². The van der Waals surface area contributed by atoms with E-state index in [0.717, 1.165) is 5.56 Å². The molecule has 1 rings (SSSR count). The average Bonchev–Trinajstić information content (AvgIpc) is 2.17. The lowest BCUT2D eigenvalue weighted by molar-refractivity contribution is 0.153. The maximum absolute atomic E-state index is 11.5. The fraction of sp³-hybridized carbons (Fsp3) is 0.300. The van der Waals surface area contributed by atoms with E-state index in [9.17, 15) is 8.42 Å². The van der Waals surface area contributed by atoms with Gasteiger partial charge in [-0.1, -0.05) is 17.7 Å². The van der Waals surface area contributed by atoms with Crippen molar-refractivity contribution >= 4 is 10.1 Å². The first-order chi connectivity index (χ1) is 6.95. The maximum Gasteiger partial charge on any atom is 0.297 e. The summed E-state index contributed by atoms with van der Waals surface area (Å²) >= 11 is 0. The Bertz CT molecular complexity index is 408. The SMILES string of the molecule is [CH2]C(CO)OS(=O)(=O)c1ccc(C)cc1. The molecule has 15 heavy (non-hydrogen) atoms. The van der Waals surface area contributed by atoms with Gasteiger partial charge in [0.1, 0.15) is 6.10 Å². The van der Waals surface area contributed by atoms with Crippen molar-refractivity contribution in [3.05, 3.63) is 36.8 Å². The molecule has 0 aliphatic carbocycles. The molecule has 0 aromatic heterocycles. The zero-order chi connectivity index (χ0) is 11.5. The Morgan fingerprint density at radius 1 is 1.40 bits per heavy atom. The highest BCUT2D eigenvalue weighted by Gasteiger charge is 2.18. The molecule has 1 radical (unpaired) electrons. The summed E-state index contributed by atoms with van der Waals surface area (Å²) in [6.07, 6.45) is -0.976. The second-order valence-corrected chi connectivity index (χ2v) is 4.74. The van der Waals surface area contributed by atoms with Crippen LogP contribution in [0.15, 0.2) is 29.2 Å². The van der Waals surface area contributed by atoms with Gasteiger partial charge in [0.05, 0.1) is 11.5 Å². The van der Waals surface area contributed by atoms with Crippen LogP contribution in [0.4, 0.5) is 0 Å². The van der Waals surface area contributed by atoms with Crippen molar-refractivity contribution in [2.75, 3.05) is 6.61 Å². The molecule has 0 fully saturated rings. The highest BCUT2D eigenvalue weighted by atomic mass is 32.2. The second kappa shape index (κ2) is 4.74. The number of hydrogen-bond donors (Lipinski definition) is 1. The lowest BCUT2D eigenvalue weighted by Crippen LogP contribution is -2.19. The van der Waals surface area contributed by atoms with E-state index in [0.29, 0.717) is 0 Å². The molecule has 0 amide bonds. The Balaban J connectivity index is 2.91. The Hall–Kier alpha value is -0.910. The molecule has 1 atom stereocenters. The molecule has 0 spiro atoms. The Morgan fingerprint density at radius 2 is 1.93 bits per heavy atom. The first kappa shape index (κ1) is 12.2. The minimum absolute atomic E-state index is 0.0650. The average molecular weight is 229 g/mol. The van der Waals surface area contributed by atoms with Crippen LogP contribution in [0.1, 0.15) is 5.56 Å². The highest BCUT2D eigenvalue weighted by molar-refractivity contribution is 7.86. The van der Waals surface area contributed by atoms with Crippen LogP contribution in [-0.4, -0.2) is 26.2 Å². The molecule has 5 heteroatoms. The lowest BCUT2D eigenvalue weighted by atomic mass is 10.2. The summed E-state index contributed by atoms with van der Waals surface area (Å²) in [6.45, 7) is 4.75. The fourth-order valence-corrected chi connectivity index (χ4v) is 1.97. The van der Waals surface area contributed by atoms with Gasteiger partial charge in [0.25, 0.3) is 10.1 Å². The first-order valence-corrected chi connectivity index (χ1v) is 5.80. The Kier molecular flexibility index (Phi) is 3.84. The zero-order valence-corrected chi connectivity index (χ0v) is 9.20. The van der Waals surface area contributed by atoms with Crippen molar-refractivity contribution in [2.24, 2.45) is 0 Å². The third-order valence-electron chi connectivity index (χ3n) is 1.78. The van der Waals surface area contributed by atoms with Gasteiger partial charge in [-0.3, -0.25) is 4.18 Å². The predicted molar refractivity (Wildman–Crippen MR) is 55.7 cm³/mol. The summed E-state index contributed by atoms with van der Waals surface area (Å²) in [5, 5.41) is 8.64. The molecule has 83 valence electrons. The Morgan fingerprint density at radius 3 is 2.40 bits per heavy atom. The molecule has 1 aromatic rings. The molecular weight excluding hydrogens is 216 g/mol. The summed E-state index contributed by atoms with van der Waals surface area (Å²) in [7, 11) is -3.81. The van der Waals surface area contributed by atoms with Crippen LogP contribution < -0.4 is 0 Å². The lowest BCUT2D eigenvalue weighted by Gasteiger charge is -2.10. The summed E-state index contributed by atoms with van der Waals surface area (Å²) in [6, 6.07) is 6.25. The summed E-state index contributed by atoms with van der Waals surface area (Å²) in [5.41, 5.74) is 0.960. The third kappa shape index (κ3) is 3.30. The number of rotatable bonds is 4. The van der Waals surface area contributed by atoms with Gasteiger partial charge in [0.15, 0.2) is 0 Å². The molecule has 1 aromatic carbocycles. The number of hydrogen-bond acceptors (Lipinski definition) is 4. The molecule has 1 N–H and O–H groups in total. The third-order valence-corrected chi connectivity index (χ3v) is 3.15. The van der Waals surface area contributed by atoms with Gasteiger partial charge in [-0.05, 0) is 26.0 Å².